The third-order valence-electron chi connectivity index (χ3n) is 3.00. The summed E-state index contributed by atoms with van der Waals surface area (Å²) in [5, 5.41) is 0. The molecule has 1 heterocycles. The third-order valence-corrected chi connectivity index (χ3v) is 3.00. The second-order valence-electron chi connectivity index (χ2n) is 4.13. The maximum absolute atomic E-state index is 11.8. The molecule has 0 bridgehead atoms. The van der Waals surface area contributed by atoms with Gasteiger partial charge in [0, 0.05) is 24.2 Å². The normalized spacial score (nSPS) is 14.4. The maximum Gasteiger partial charge on any atom is 0.227 e. The van der Waals surface area contributed by atoms with Crippen LogP contribution in [0.1, 0.15) is 28.8 Å². The summed E-state index contributed by atoms with van der Waals surface area (Å²) >= 11 is 0. The van der Waals surface area contributed by atoms with E-state index in [1.165, 1.54) is 0 Å². The smallest absolute Gasteiger partial charge is 0.227 e. The molecular weight excluding hydrogens is 214 g/mol. The van der Waals surface area contributed by atoms with E-state index in [4.69, 9.17) is 0 Å². The molecule has 2 rings (SSSR count). The minimum Gasteiger partial charge on any atom is -0.312 e. The molecule has 1 aliphatic heterocycles. The van der Waals surface area contributed by atoms with Gasteiger partial charge in [-0.25, -0.2) is 0 Å². The lowest BCUT2D eigenvalue weighted by Gasteiger charge is -2.29. The van der Waals surface area contributed by atoms with Gasteiger partial charge in [0.2, 0.25) is 5.91 Å². The second kappa shape index (κ2) is 4.95. The summed E-state index contributed by atoms with van der Waals surface area (Å²) in [6, 6.07) is 5.49. The van der Waals surface area contributed by atoms with Gasteiger partial charge in [0.05, 0.1) is 0 Å². The standard InChI is InChI=1S/C14H15NO2/c1-2-3-8-15-13-6-4-11(10-16)9-12(13)5-7-14(15)17/h2,4,6,9-10H,1,3,5,7-8H2. The van der Waals surface area contributed by atoms with E-state index in [-0.39, 0.29) is 5.91 Å². The second-order valence-corrected chi connectivity index (χ2v) is 4.13. The number of aryl methyl sites for hydroxylation is 1. The summed E-state index contributed by atoms with van der Waals surface area (Å²) in [6.07, 6.45) is 4.67. The van der Waals surface area contributed by atoms with E-state index in [1.54, 1.807) is 17.0 Å². The highest BCUT2D eigenvalue weighted by atomic mass is 16.2. The predicted octanol–water partition coefficient (Wildman–Crippen LogP) is 2.35. The Morgan fingerprint density at radius 2 is 2.18 bits per heavy atom. The Morgan fingerprint density at radius 1 is 1.35 bits per heavy atom. The van der Waals surface area contributed by atoms with Crippen LogP contribution in [0.2, 0.25) is 0 Å². The van der Waals surface area contributed by atoms with Gasteiger partial charge in [0.15, 0.2) is 0 Å². The van der Waals surface area contributed by atoms with Crippen LogP contribution in [0, 0.1) is 0 Å². The van der Waals surface area contributed by atoms with E-state index in [2.05, 4.69) is 6.58 Å². The molecule has 3 nitrogen and oxygen atoms in total. The van der Waals surface area contributed by atoms with Crippen molar-refractivity contribution in [2.75, 3.05) is 11.4 Å². The van der Waals surface area contributed by atoms with E-state index in [1.807, 2.05) is 12.1 Å². The lowest BCUT2D eigenvalue weighted by Crippen LogP contribution is -2.35. The number of carbonyl (C=O) groups excluding carboxylic acids is 2. The van der Waals surface area contributed by atoms with E-state index in [0.717, 1.165) is 30.4 Å². The Hall–Kier alpha value is -1.90. The Kier molecular flexibility index (Phi) is 3.38. The predicted molar refractivity (Wildman–Crippen MR) is 67.3 cm³/mol. The maximum atomic E-state index is 11.8. The molecule has 0 radical (unpaired) electrons. The first kappa shape index (κ1) is 11.6. The first-order chi connectivity index (χ1) is 8.26. The van der Waals surface area contributed by atoms with Gasteiger partial charge in [-0.15, -0.1) is 6.58 Å². The zero-order valence-corrected chi connectivity index (χ0v) is 9.69. The first-order valence-corrected chi connectivity index (χ1v) is 5.75. The van der Waals surface area contributed by atoms with Gasteiger partial charge in [-0.2, -0.15) is 0 Å². The molecule has 0 unspecified atom stereocenters. The van der Waals surface area contributed by atoms with Crippen molar-refractivity contribution < 1.29 is 9.59 Å². The summed E-state index contributed by atoms with van der Waals surface area (Å²) < 4.78 is 0. The Balaban J connectivity index is 2.34. The SMILES string of the molecule is C=CCCN1C(=O)CCc2cc(C=O)ccc21. The Morgan fingerprint density at radius 3 is 2.88 bits per heavy atom. The van der Waals surface area contributed by atoms with Crippen molar-refractivity contribution in [1.29, 1.82) is 0 Å². The van der Waals surface area contributed by atoms with Crippen LogP contribution in [0.5, 0.6) is 0 Å². The van der Waals surface area contributed by atoms with Gasteiger partial charge in [-0.05, 0) is 36.6 Å². The van der Waals surface area contributed by atoms with Crippen LogP contribution in [0.4, 0.5) is 5.69 Å². The Bertz CT molecular complexity index is 465. The molecule has 3 heteroatoms. The largest absolute Gasteiger partial charge is 0.312 e. The van der Waals surface area contributed by atoms with Crippen LogP contribution < -0.4 is 4.90 Å². The van der Waals surface area contributed by atoms with Crippen LogP contribution in [0.3, 0.4) is 0 Å². The molecular formula is C14H15NO2. The van der Waals surface area contributed by atoms with Gasteiger partial charge >= 0.3 is 0 Å². The fraction of sp³-hybridized carbons (Fsp3) is 0.286. The van der Waals surface area contributed by atoms with Crippen molar-refractivity contribution in [1.82, 2.24) is 0 Å². The number of hydrogen-bond acceptors (Lipinski definition) is 2. The molecule has 1 amide bonds. The summed E-state index contributed by atoms with van der Waals surface area (Å²) in [5.74, 6) is 0.151. The van der Waals surface area contributed by atoms with Crippen molar-refractivity contribution >= 4 is 17.9 Å². The van der Waals surface area contributed by atoms with Crippen LogP contribution >= 0.6 is 0 Å². The van der Waals surface area contributed by atoms with Crippen LogP contribution in [0.15, 0.2) is 30.9 Å². The van der Waals surface area contributed by atoms with Gasteiger partial charge < -0.3 is 4.90 Å². The summed E-state index contributed by atoms with van der Waals surface area (Å²) in [7, 11) is 0. The molecule has 0 N–H and O–H groups in total. The number of rotatable bonds is 4. The summed E-state index contributed by atoms with van der Waals surface area (Å²) in [6.45, 7) is 4.33. The summed E-state index contributed by atoms with van der Waals surface area (Å²) in [5.41, 5.74) is 2.69. The fourth-order valence-corrected chi connectivity index (χ4v) is 2.12. The topological polar surface area (TPSA) is 37.4 Å². The quantitative estimate of drug-likeness (QED) is 0.587. The number of aldehydes is 1. The van der Waals surface area contributed by atoms with Gasteiger partial charge in [-0.3, -0.25) is 9.59 Å². The average molecular weight is 229 g/mol. The monoisotopic (exact) mass is 229 g/mol. The lowest BCUT2D eigenvalue weighted by atomic mass is 9.99. The fourth-order valence-electron chi connectivity index (χ4n) is 2.12. The highest BCUT2D eigenvalue weighted by Gasteiger charge is 2.23. The van der Waals surface area contributed by atoms with Crippen LogP contribution in [0.25, 0.3) is 0 Å². The number of fused-ring (bicyclic) bond motifs is 1. The minimum atomic E-state index is 0.151. The highest BCUT2D eigenvalue weighted by molar-refractivity contribution is 5.97. The molecule has 1 aliphatic rings. The van der Waals surface area contributed by atoms with Crippen molar-refractivity contribution in [2.45, 2.75) is 19.3 Å². The molecule has 17 heavy (non-hydrogen) atoms. The van der Waals surface area contributed by atoms with Crippen molar-refractivity contribution in [3.63, 3.8) is 0 Å². The first-order valence-electron chi connectivity index (χ1n) is 5.75. The third kappa shape index (κ3) is 2.28. The number of benzene rings is 1. The molecule has 0 saturated carbocycles. The molecule has 1 aromatic rings. The zero-order valence-electron chi connectivity index (χ0n) is 9.69. The molecule has 1 aromatic carbocycles. The molecule has 0 spiro atoms. The number of amides is 1. The van der Waals surface area contributed by atoms with Gasteiger partial charge in [-0.1, -0.05) is 6.08 Å². The van der Waals surface area contributed by atoms with Crippen molar-refractivity contribution in [2.24, 2.45) is 0 Å². The number of nitrogens with zero attached hydrogens (tertiary/aromatic N) is 1. The number of carbonyl (C=O) groups is 2. The average Bonchev–Trinajstić information content (AvgIpc) is 2.37. The molecule has 0 aromatic heterocycles. The van der Waals surface area contributed by atoms with E-state index < -0.39 is 0 Å². The van der Waals surface area contributed by atoms with E-state index >= 15 is 0 Å². The van der Waals surface area contributed by atoms with E-state index in [0.29, 0.717) is 18.5 Å². The van der Waals surface area contributed by atoms with Gasteiger partial charge in [0.1, 0.15) is 6.29 Å². The number of anilines is 1. The van der Waals surface area contributed by atoms with Gasteiger partial charge in [0.25, 0.3) is 0 Å². The molecule has 0 saturated heterocycles. The van der Waals surface area contributed by atoms with Crippen LogP contribution in [-0.4, -0.2) is 18.7 Å². The summed E-state index contributed by atoms with van der Waals surface area (Å²) in [4.78, 5) is 24.3. The van der Waals surface area contributed by atoms with Crippen molar-refractivity contribution in [3.05, 3.63) is 42.0 Å². The molecule has 0 aliphatic carbocycles. The minimum absolute atomic E-state index is 0.151. The van der Waals surface area contributed by atoms with Crippen LogP contribution in [-0.2, 0) is 11.2 Å². The zero-order chi connectivity index (χ0) is 12.3. The van der Waals surface area contributed by atoms with E-state index in [9.17, 15) is 9.59 Å². The molecule has 0 fully saturated rings. The molecule has 0 atom stereocenters. The lowest BCUT2D eigenvalue weighted by molar-refractivity contribution is -0.118. The van der Waals surface area contributed by atoms with Crippen molar-refractivity contribution in [3.8, 4) is 0 Å². The highest BCUT2D eigenvalue weighted by Crippen LogP contribution is 2.28. The number of hydrogen-bond donors (Lipinski definition) is 0. The molecule has 88 valence electrons. The Labute approximate surface area is 101 Å².